The summed E-state index contributed by atoms with van der Waals surface area (Å²) in [5.41, 5.74) is 0.220. The number of halogens is 3. The lowest BCUT2D eigenvalue weighted by Crippen LogP contribution is -2.19. The quantitative estimate of drug-likeness (QED) is 0.798. The third kappa shape index (κ3) is 3.16. The fourth-order valence-electron chi connectivity index (χ4n) is 1.09. The van der Waals surface area contributed by atoms with Crippen molar-refractivity contribution in [1.82, 2.24) is 5.32 Å². The van der Waals surface area contributed by atoms with Gasteiger partial charge in [0.15, 0.2) is 0 Å². The van der Waals surface area contributed by atoms with Crippen LogP contribution >= 0.6 is 11.6 Å². The van der Waals surface area contributed by atoms with Crippen molar-refractivity contribution in [2.45, 2.75) is 19.3 Å². The van der Waals surface area contributed by atoms with Gasteiger partial charge in [-0.05, 0) is 12.1 Å². The van der Waals surface area contributed by atoms with Crippen molar-refractivity contribution in [2.75, 3.05) is 0 Å². The highest BCUT2D eigenvalue weighted by molar-refractivity contribution is 6.17. The van der Waals surface area contributed by atoms with Gasteiger partial charge in [-0.2, -0.15) is 0 Å². The molecule has 1 amide bonds. The number of hydrogen-bond donors (Lipinski definition) is 1. The van der Waals surface area contributed by atoms with Crippen LogP contribution in [0.4, 0.5) is 8.78 Å². The van der Waals surface area contributed by atoms with E-state index >= 15 is 0 Å². The minimum absolute atomic E-state index is 0.0271. The van der Waals surface area contributed by atoms with Crippen LogP contribution in [0.3, 0.4) is 0 Å². The van der Waals surface area contributed by atoms with Crippen LogP contribution < -0.4 is 5.32 Å². The van der Waals surface area contributed by atoms with Crippen LogP contribution in [-0.4, -0.2) is 5.91 Å². The van der Waals surface area contributed by atoms with Gasteiger partial charge in [0.25, 0.3) is 0 Å². The van der Waals surface area contributed by atoms with Crippen LogP contribution in [0.1, 0.15) is 18.1 Å². The van der Waals surface area contributed by atoms with E-state index in [1.165, 1.54) is 6.92 Å². The Morgan fingerprint density at radius 2 is 1.87 bits per heavy atom. The monoisotopic (exact) mass is 233 g/mol. The number of amides is 1. The fraction of sp³-hybridized carbons (Fsp3) is 0.300. The van der Waals surface area contributed by atoms with Crippen molar-refractivity contribution in [3.8, 4) is 0 Å². The van der Waals surface area contributed by atoms with Gasteiger partial charge in [-0.1, -0.05) is 0 Å². The number of alkyl halides is 1. The van der Waals surface area contributed by atoms with E-state index in [2.05, 4.69) is 5.32 Å². The molecule has 0 fully saturated rings. The molecule has 0 heterocycles. The molecule has 1 rings (SSSR count). The maximum atomic E-state index is 13.3. The Hall–Kier alpha value is -1.16. The second kappa shape index (κ2) is 5.07. The highest BCUT2D eigenvalue weighted by Gasteiger charge is 2.09. The lowest BCUT2D eigenvalue weighted by molar-refractivity contribution is -0.119. The first-order valence-electron chi connectivity index (χ1n) is 4.31. The molecule has 0 saturated carbocycles. The molecule has 5 heteroatoms. The highest BCUT2D eigenvalue weighted by Crippen LogP contribution is 2.16. The van der Waals surface area contributed by atoms with Crippen molar-refractivity contribution < 1.29 is 13.6 Å². The van der Waals surface area contributed by atoms with Crippen molar-refractivity contribution >= 4 is 17.5 Å². The van der Waals surface area contributed by atoms with Crippen molar-refractivity contribution in [3.05, 3.63) is 34.9 Å². The summed E-state index contributed by atoms with van der Waals surface area (Å²) in [5, 5.41) is 2.39. The zero-order chi connectivity index (χ0) is 11.4. The Kier molecular flexibility index (Phi) is 4.03. The fourth-order valence-corrected chi connectivity index (χ4v) is 1.29. The summed E-state index contributed by atoms with van der Waals surface area (Å²) in [7, 11) is 0. The smallest absolute Gasteiger partial charge is 0.217 e. The Bertz CT molecular complexity index is 382. The van der Waals surface area contributed by atoms with Gasteiger partial charge in [-0.3, -0.25) is 4.79 Å². The number of benzene rings is 1. The minimum Gasteiger partial charge on any atom is -0.352 e. The van der Waals surface area contributed by atoms with Crippen molar-refractivity contribution in [1.29, 1.82) is 0 Å². The molecule has 0 aliphatic rings. The summed E-state index contributed by atoms with van der Waals surface area (Å²) < 4.78 is 26.5. The molecule has 0 atom stereocenters. The van der Waals surface area contributed by atoms with Crippen LogP contribution in [0, 0.1) is 11.6 Å². The van der Waals surface area contributed by atoms with E-state index in [1.807, 2.05) is 0 Å². The number of carbonyl (C=O) groups is 1. The lowest BCUT2D eigenvalue weighted by Gasteiger charge is -2.06. The average Bonchev–Trinajstić information content (AvgIpc) is 2.18. The molecule has 1 aromatic rings. The molecule has 1 N–H and O–H groups in total. The third-order valence-corrected chi connectivity index (χ3v) is 2.18. The SMILES string of the molecule is CC(=O)NCc1cc(F)c(CCl)cc1F. The van der Waals surface area contributed by atoms with E-state index in [-0.39, 0.29) is 29.5 Å². The van der Waals surface area contributed by atoms with Crippen LogP contribution in [0.15, 0.2) is 12.1 Å². The van der Waals surface area contributed by atoms with Gasteiger partial charge in [-0.25, -0.2) is 8.78 Å². The molecule has 0 saturated heterocycles. The van der Waals surface area contributed by atoms with Gasteiger partial charge in [0.2, 0.25) is 5.91 Å². The Morgan fingerprint density at radius 3 is 2.40 bits per heavy atom. The number of carbonyl (C=O) groups excluding carboxylic acids is 1. The molecule has 15 heavy (non-hydrogen) atoms. The van der Waals surface area contributed by atoms with Crippen LogP contribution in [0.2, 0.25) is 0 Å². The molecule has 0 spiro atoms. The van der Waals surface area contributed by atoms with Gasteiger partial charge >= 0.3 is 0 Å². The van der Waals surface area contributed by atoms with Gasteiger partial charge < -0.3 is 5.32 Å². The standard InChI is InChI=1S/C10H10ClF2NO/c1-6(15)14-5-8-3-9(12)7(4-11)2-10(8)13/h2-3H,4-5H2,1H3,(H,14,15). The van der Waals surface area contributed by atoms with Crippen LogP contribution in [0.5, 0.6) is 0 Å². The molecule has 1 aromatic carbocycles. The summed E-state index contributed by atoms with van der Waals surface area (Å²) >= 11 is 5.41. The zero-order valence-electron chi connectivity index (χ0n) is 8.11. The molecule has 82 valence electrons. The highest BCUT2D eigenvalue weighted by atomic mass is 35.5. The summed E-state index contributed by atoms with van der Waals surface area (Å²) in [6, 6.07) is 2.09. The summed E-state index contributed by atoms with van der Waals surface area (Å²) in [6.45, 7) is 1.28. The summed E-state index contributed by atoms with van der Waals surface area (Å²) in [6.07, 6.45) is 0. The first-order chi connectivity index (χ1) is 7.04. The predicted molar refractivity (Wildman–Crippen MR) is 53.4 cm³/mol. The normalized spacial score (nSPS) is 10.1. The van der Waals surface area contributed by atoms with E-state index < -0.39 is 11.6 Å². The lowest BCUT2D eigenvalue weighted by atomic mass is 10.1. The number of rotatable bonds is 3. The van der Waals surface area contributed by atoms with Crippen molar-refractivity contribution in [2.24, 2.45) is 0 Å². The molecule has 2 nitrogen and oxygen atoms in total. The van der Waals surface area contributed by atoms with Gasteiger partial charge in [0.1, 0.15) is 11.6 Å². The minimum atomic E-state index is -0.569. The first kappa shape index (κ1) is 11.9. The molecular formula is C10H10ClF2NO. The molecule has 0 aliphatic carbocycles. The predicted octanol–water partition coefficient (Wildman–Crippen LogP) is 2.34. The molecular weight excluding hydrogens is 224 g/mol. The molecule has 0 bridgehead atoms. The zero-order valence-corrected chi connectivity index (χ0v) is 8.87. The topological polar surface area (TPSA) is 29.1 Å². The molecule has 0 radical (unpaired) electrons. The maximum Gasteiger partial charge on any atom is 0.217 e. The average molecular weight is 234 g/mol. The summed E-state index contributed by atoms with van der Waals surface area (Å²) in [4.78, 5) is 10.6. The third-order valence-electron chi connectivity index (χ3n) is 1.89. The molecule has 0 aromatic heterocycles. The number of hydrogen-bond acceptors (Lipinski definition) is 1. The van der Waals surface area contributed by atoms with E-state index in [0.717, 1.165) is 12.1 Å². The van der Waals surface area contributed by atoms with E-state index in [0.29, 0.717) is 0 Å². The Labute approximate surface area is 91.2 Å². The largest absolute Gasteiger partial charge is 0.352 e. The first-order valence-corrected chi connectivity index (χ1v) is 4.85. The van der Waals surface area contributed by atoms with Crippen LogP contribution in [0.25, 0.3) is 0 Å². The van der Waals surface area contributed by atoms with E-state index in [9.17, 15) is 13.6 Å². The van der Waals surface area contributed by atoms with Gasteiger partial charge in [0.05, 0.1) is 5.88 Å². The van der Waals surface area contributed by atoms with Crippen molar-refractivity contribution in [3.63, 3.8) is 0 Å². The van der Waals surface area contributed by atoms with Gasteiger partial charge in [0, 0.05) is 24.6 Å². The van der Waals surface area contributed by atoms with E-state index in [4.69, 9.17) is 11.6 Å². The second-order valence-electron chi connectivity index (χ2n) is 3.08. The molecule has 0 unspecified atom stereocenters. The van der Waals surface area contributed by atoms with Gasteiger partial charge in [-0.15, -0.1) is 11.6 Å². The number of nitrogens with one attached hydrogen (secondary N) is 1. The van der Waals surface area contributed by atoms with Crippen LogP contribution in [-0.2, 0) is 17.2 Å². The maximum absolute atomic E-state index is 13.3. The second-order valence-corrected chi connectivity index (χ2v) is 3.35. The molecule has 0 aliphatic heterocycles. The summed E-state index contributed by atoms with van der Waals surface area (Å²) in [5.74, 6) is -1.51. The Morgan fingerprint density at radius 1 is 1.33 bits per heavy atom. The van der Waals surface area contributed by atoms with E-state index in [1.54, 1.807) is 0 Å². The Balaban J connectivity index is 2.90.